The minimum absolute atomic E-state index is 0.00394. The molecule has 0 aliphatic carbocycles. The minimum Gasteiger partial charge on any atom is -0.451 e. The Bertz CT molecular complexity index is 278. The van der Waals surface area contributed by atoms with Crippen LogP contribution in [0.3, 0.4) is 0 Å². The summed E-state index contributed by atoms with van der Waals surface area (Å²) in [6.07, 6.45) is -3.06. The first kappa shape index (κ1) is 9.63. The molecule has 1 aromatic heterocycles. The van der Waals surface area contributed by atoms with E-state index in [2.05, 4.69) is 9.72 Å². The summed E-state index contributed by atoms with van der Waals surface area (Å²) in [6.45, 7) is -1.56. The van der Waals surface area contributed by atoms with Crippen molar-refractivity contribution in [2.75, 3.05) is 6.61 Å². The highest BCUT2D eigenvalue weighted by Gasteiger charge is 2.29. The number of rotatable bonds is 2. The van der Waals surface area contributed by atoms with E-state index in [4.69, 9.17) is 0 Å². The zero-order valence-corrected chi connectivity index (χ0v) is 6.39. The number of hydrogen-bond donors (Lipinski definition) is 1. The maximum atomic E-state index is 11.6. The Kier molecular flexibility index (Phi) is 2.60. The van der Waals surface area contributed by atoms with E-state index < -0.39 is 18.8 Å². The van der Waals surface area contributed by atoms with E-state index in [1.54, 1.807) is 0 Å². The fourth-order valence-corrected chi connectivity index (χ4v) is 0.682. The van der Waals surface area contributed by atoms with Gasteiger partial charge in [-0.05, 0) is 12.1 Å². The molecule has 0 aliphatic rings. The van der Waals surface area contributed by atoms with Crippen LogP contribution in [0.4, 0.5) is 13.2 Å². The second-order valence-electron chi connectivity index (χ2n) is 2.28. The molecule has 3 nitrogen and oxygen atoms in total. The Morgan fingerprint density at radius 1 is 1.54 bits per heavy atom. The fraction of sp³-hybridized carbons (Fsp3) is 0.286. The van der Waals surface area contributed by atoms with Crippen molar-refractivity contribution in [2.24, 2.45) is 0 Å². The standard InChI is InChI=1S/C7H6F3NO2/c8-7(9,10)4-13-6(12)5-2-1-3-11-5/h1-3,11H,4H2. The monoisotopic (exact) mass is 193 g/mol. The van der Waals surface area contributed by atoms with Crippen molar-refractivity contribution in [3.8, 4) is 0 Å². The summed E-state index contributed by atoms with van der Waals surface area (Å²) in [4.78, 5) is 13.2. The molecule has 0 atom stereocenters. The average molecular weight is 193 g/mol. The van der Waals surface area contributed by atoms with Gasteiger partial charge in [0.2, 0.25) is 0 Å². The molecular formula is C7H6F3NO2. The van der Waals surface area contributed by atoms with Crippen LogP contribution in [0.1, 0.15) is 10.5 Å². The molecule has 0 bridgehead atoms. The number of aromatic amines is 1. The van der Waals surface area contributed by atoms with Crippen LogP contribution >= 0.6 is 0 Å². The van der Waals surface area contributed by atoms with Gasteiger partial charge in [0.1, 0.15) is 5.69 Å². The van der Waals surface area contributed by atoms with Gasteiger partial charge in [0, 0.05) is 6.20 Å². The van der Waals surface area contributed by atoms with Gasteiger partial charge in [-0.25, -0.2) is 4.79 Å². The summed E-state index contributed by atoms with van der Waals surface area (Å²) >= 11 is 0. The molecule has 1 rings (SSSR count). The third-order valence-electron chi connectivity index (χ3n) is 1.18. The molecule has 0 saturated carbocycles. The molecule has 72 valence electrons. The number of esters is 1. The summed E-state index contributed by atoms with van der Waals surface area (Å²) in [5.74, 6) is -1.01. The van der Waals surface area contributed by atoms with Crippen LogP contribution in [0.5, 0.6) is 0 Å². The van der Waals surface area contributed by atoms with Gasteiger partial charge < -0.3 is 9.72 Å². The lowest BCUT2D eigenvalue weighted by Crippen LogP contribution is -2.20. The highest BCUT2D eigenvalue weighted by molar-refractivity contribution is 5.87. The van der Waals surface area contributed by atoms with Crippen LogP contribution in [0.2, 0.25) is 0 Å². The lowest BCUT2D eigenvalue weighted by molar-refractivity contribution is -0.161. The van der Waals surface area contributed by atoms with Gasteiger partial charge in [0.25, 0.3) is 0 Å². The highest BCUT2D eigenvalue weighted by Crippen LogP contribution is 2.15. The number of ether oxygens (including phenoxy) is 1. The van der Waals surface area contributed by atoms with E-state index in [1.165, 1.54) is 18.3 Å². The molecule has 0 unspecified atom stereocenters. The number of hydrogen-bond acceptors (Lipinski definition) is 2. The predicted octanol–water partition coefficient (Wildman–Crippen LogP) is 1.73. The smallest absolute Gasteiger partial charge is 0.422 e. The van der Waals surface area contributed by atoms with Gasteiger partial charge in [-0.15, -0.1) is 0 Å². The van der Waals surface area contributed by atoms with Gasteiger partial charge in [0.15, 0.2) is 6.61 Å². The second kappa shape index (κ2) is 3.51. The maximum Gasteiger partial charge on any atom is 0.422 e. The topological polar surface area (TPSA) is 42.1 Å². The molecule has 1 aromatic rings. The number of H-pyrrole nitrogens is 1. The van der Waals surface area contributed by atoms with Crippen LogP contribution in [-0.2, 0) is 4.74 Å². The van der Waals surface area contributed by atoms with Crippen molar-refractivity contribution >= 4 is 5.97 Å². The number of carbonyl (C=O) groups is 1. The number of nitrogens with one attached hydrogen (secondary N) is 1. The summed E-state index contributed by atoms with van der Waals surface area (Å²) in [5.41, 5.74) is 0.00394. The first-order chi connectivity index (χ1) is 5.99. The van der Waals surface area contributed by atoms with Crippen molar-refractivity contribution in [3.05, 3.63) is 24.0 Å². The average Bonchev–Trinajstić information content (AvgIpc) is 2.50. The lowest BCUT2D eigenvalue weighted by atomic mass is 10.4. The third kappa shape index (κ3) is 3.18. The Morgan fingerprint density at radius 3 is 2.69 bits per heavy atom. The Hall–Kier alpha value is -1.46. The van der Waals surface area contributed by atoms with E-state index in [1.807, 2.05) is 0 Å². The summed E-state index contributed by atoms with van der Waals surface area (Å²) in [7, 11) is 0. The number of alkyl halides is 3. The molecule has 1 N–H and O–H groups in total. The van der Waals surface area contributed by atoms with Crippen molar-refractivity contribution in [3.63, 3.8) is 0 Å². The first-order valence-corrected chi connectivity index (χ1v) is 3.36. The zero-order valence-electron chi connectivity index (χ0n) is 6.39. The molecule has 0 aromatic carbocycles. The summed E-state index contributed by atoms with van der Waals surface area (Å²) in [5, 5.41) is 0. The third-order valence-corrected chi connectivity index (χ3v) is 1.18. The van der Waals surface area contributed by atoms with Gasteiger partial charge >= 0.3 is 12.1 Å². The van der Waals surface area contributed by atoms with E-state index in [0.717, 1.165) is 0 Å². The van der Waals surface area contributed by atoms with E-state index in [0.29, 0.717) is 0 Å². The molecule has 0 aliphatic heterocycles. The molecule has 0 amide bonds. The van der Waals surface area contributed by atoms with Gasteiger partial charge in [-0.1, -0.05) is 0 Å². The van der Waals surface area contributed by atoms with Crippen LogP contribution in [0.25, 0.3) is 0 Å². The van der Waals surface area contributed by atoms with Crippen molar-refractivity contribution in [2.45, 2.75) is 6.18 Å². The van der Waals surface area contributed by atoms with Gasteiger partial charge in [-0.2, -0.15) is 13.2 Å². The van der Waals surface area contributed by atoms with Crippen molar-refractivity contribution in [1.82, 2.24) is 4.98 Å². The van der Waals surface area contributed by atoms with Crippen LogP contribution < -0.4 is 0 Å². The molecule has 6 heteroatoms. The van der Waals surface area contributed by atoms with E-state index >= 15 is 0 Å². The molecule has 0 fully saturated rings. The molecule has 1 heterocycles. The highest BCUT2D eigenvalue weighted by atomic mass is 19.4. The number of carbonyl (C=O) groups excluding carboxylic acids is 1. The normalized spacial score (nSPS) is 11.3. The minimum atomic E-state index is -4.48. The van der Waals surface area contributed by atoms with Crippen LogP contribution in [-0.4, -0.2) is 23.7 Å². The maximum absolute atomic E-state index is 11.6. The first-order valence-electron chi connectivity index (χ1n) is 3.36. The molecule has 0 saturated heterocycles. The SMILES string of the molecule is O=C(OCC(F)(F)F)c1ccc[nH]1. The van der Waals surface area contributed by atoms with Crippen molar-refractivity contribution < 1.29 is 22.7 Å². The summed E-state index contributed by atoms with van der Waals surface area (Å²) in [6, 6.07) is 2.82. The quantitative estimate of drug-likeness (QED) is 0.727. The number of aromatic nitrogens is 1. The lowest BCUT2D eigenvalue weighted by Gasteiger charge is -2.06. The molecule has 13 heavy (non-hydrogen) atoms. The van der Waals surface area contributed by atoms with Crippen LogP contribution in [0.15, 0.2) is 18.3 Å². The van der Waals surface area contributed by atoms with E-state index in [-0.39, 0.29) is 5.69 Å². The van der Waals surface area contributed by atoms with E-state index in [9.17, 15) is 18.0 Å². The zero-order chi connectivity index (χ0) is 9.90. The van der Waals surface area contributed by atoms with Gasteiger partial charge in [-0.3, -0.25) is 0 Å². The second-order valence-corrected chi connectivity index (χ2v) is 2.28. The largest absolute Gasteiger partial charge is 0.451 e. The van der Waals surface area contributed by atoms with Crippen molar-refractivity contribution in [1.29, 1.82) is 0 Å². The Balaban J connectivity index is 2.44. The predicted molar refractivity (Wildman–Crippen MR) is 37.1 cm³/mol. The molecule has 0 radical (unpaired) electrons. The van der Waals surface area contributed by atoms with Crippen LogP contribution in [0, 0.1) is 0 Å². The molecule has 0 spiro atoms. The molecular weight excluding hydrogens is 187 g/mol. The number of halogens is 3. The Labute approximate surface area is 71.5 Å². The summed E-state index contributed by atoms with van der Waals surface area (Å²) < 4.78 is 38.7. The Morgan fingerprint density at radius 2 is 2.23 bits per heavy atom. The fourth-order valence-electron chi connectivity index (χ4n) is 0.682. The van der Waals surface area contributed by atoms with Gasteiger partial charge in [0.05, 0.1) is 0 Å².